The summed E-state index contributed by atoms with van der Waals surface area (Å²) < 4.78 is 27.5. The van der Waals surface area contributed by atoms with Gasteiger partial charge in [0.2, 0.25) is 0 Å². The molecule has 7 heteroatoms. The first-order valence-corrected chi connectivity index (χ1v) is 13.2. The smallest absolute Gasteiger partial charge is 0.394 e. The lowest BCUT2D eigenvalue weighted by atomic mass is 9.86. The summed E-state index contributed by atoms with van der Waals surface area (Å²) >= 11 is 0. The summed E-state index contributed by atoms with van der Waals surface area (Å²) in [6.07, 6.45) is 6.00. The predicted octanol–water partition coefficient (Wildman–Crippen LogP) is 5.80. The molecule has 3 rings (SSSR count). The molecule has 1 N–H and O–H groups in total. The van der Waals surface area contributed by atoms with Gasteiger partial charge in [-0.3, -0.25) is 4.79 Å². The summed E-state index contributed by atoms with van der Waals surface area (Å²) in [6, 6.07) is 5.66. The molecule has 174 valence electrons. The number of nitrogens with one attached hydrogen (secondary N) is 1. The number of nitrogens with zero attached hydrogens (tertiary/aromatic N) is 1. The van der Waals surface area contributed by atoms with Crippen LogP contribution in [0.2, 0.25) is 0 Å². The minimum absolute atomic E-state index is 0.0251. The molecule has 1 aromatic rings. The van der Waals surface area contributed by atoms with Crippen molar-refractivity contribution >= 4 is 13.6 Å². The number of fused-ring (bicyclic) bond motifs is 1. The number of carbonyl (C=O) groups excluding carboxylic acids is 1. The average molecular weight is 451 g/mol. The predicted molar refractivity (Wildman–Crippen MR) is 124 cm³/mol. The molecule has 2 atom stereocenters. The van der Waals surface area contributed by atoms with Crippen LogP contribution in [-0.4, -0.2) is 29.8 Å². The SMILES string of the molecule is COC(=O)C(CC(C)C)NP1(=O)Oc2ccc(C(C)(C)C)cc2CN1C1CCCCC1. The molecule has 2 aliphatic rings. The Morgan fingerprint density at radius 3 is 2.52 bits per heavy atom. The van der Waals surface area contributed by atoms with Crippen molar-refractivity contribution in [1.29, 1.82) is 0 Å². The third-order valence-electron chi connectivity index (χ3n) is 6.33. The van der Waals surface area contributed by atoms with E-state index in [9.17, 15) is 9.36 Å². The van der Waals surface area contributed by atoms with Crippen molar-refractivity contribution in [2.75, 3.05) is 7.11 Å². The second kappa shape index (κ2) is 9.64. The Morgan fingerprint density at radius 1 is 1.26 bits per heavy atom. The summed E-state index contributed by atoms with van der Waals surface area (Å²) in [4.78, 5) is 12.5. The minimum atomic E-state index is -3.48. The Labute approximate surface area is 187 Å². The normalized spacial score (nSPS) is 23.8. The molecule has 1 aliphatic carbocycles. The van der Waals surface area contributed by atoms with Gasteiger partial charge in [0, 0.05) is 18.2 Å². The van der Waals surface area contributed by atoms with E-state index in [0.717, 1.165) is 31.2 Å². The van der Waals surface area contributed by atoms with Crippen molar-refractivity contribution in [2.24, 2.45) is 5.92 Å². The van der Waals surface area contributed by atoms with E-state index in [2.05, 4.69) is 31.9 Å². The third kappa shape index (κ3) is 5.71. The minimum Gasteiger partial charge on any atom is -0.468 e. The molecule has 1 heterocycles. The molecular weight excluding hydrogens is 411 g/mol. The standard InChI is InChI=1S/C24H39N2O4P/c1-17(2)14-21(23(27)29-6)25-31(28)26(20-10-8-7-9-11-20)16-18-15-19(24(3,4)5)12-13-22(18)30-31/h12-13,15,17,20-21H,7-11,14,16H2,1-6H3,(H,25,28). The van der Waals surface area contributed by atoms with Gasteiger partial charge in [-0.25, -0.2) is 14.3 Å². The molecule has 1 aromatic carbocycles. The van der Waals surface area contributed by atoms with E-state index in [1.54, 1.807) is 0 Å². The molecule has 0 amide bonds. The summed E-state index contributed by atoms with van der Waals surface area (Å²) in [5.74, 6) is 0.492. The number of benzene rings is 1. The first kappa shape index (κ1) is 24.3. The number of ether oxygens (including phenoxy) is 1. The van der Waals surface area contributed by atoms with Crippen molar-refractivity contribution in [3.05, 3.63) is 29.3 Å². The maximum atomic E-state index is 14.3. The lowest BCUT2D eigenvalue weighted by Crippen LogP contribution is -2.46. The van der Waals surface area contributed by atoms with E-state index in [-0.39, 0.29) is 17.4 Å². The number of carbonyl (C=O) groups is 1. The maximum Gasteiger partial charge on any atom is 0.394 e. The van der Waals surface area contributed by atoms with Gasteiger partial charge in [0.1, 0.15) is 11.8 Å². The largest absolute Gasteiger partial charge is 0.468 e. The van der Waals surface area contributed by atoms with Gasteiger partial charge in [0.25, 0.3) is 0 Å². The Morgan fingerprint density at radius 2 is 1.94 bits per heavy atom. The summed E-state index contributed by atoms with van der Waals surface area (Å²) in [7, 11) is -2.10. The van der Waals surface area contributed by atoms with Crippen molar-refractivity contribution in [2.45, 2.75) is 97.2 Å². The van der Waals surface area contributed by atoms with Crippen molar-refractivity contribution in [3.8, 4) is 5.75 Å². The monoisotopic (exact) mass is 450 g/mol. The summed E-state index contributed by atoms with van der Waals surface area (Å²) in [5.41, 5.74) is 2.32. The molecule has 2 unspecified atom stereocenters. The van der Waals surface area contributed by atoms with Crippen molar-refractivity contribution in [3.63, 3.8) is 0 Å². The fourth-order valence-corrected chi connectivity index (χ4v) is 6.90. The highest BCUT2D eigenvalue weighted by molar-refractivity contribution is 7.54. The molecule has 0 bridgehead atoms. The second-order valence-electron chi connectivity index (χ2n) is 10.4. The van der Waals surface area contributed by atoms with Crippen LogP contribution in [0, 0.1) is 5.92 Å². The molecular formula is C24H39N2O4P. The maximum absolute atomic E-state index is 14.3. The zero-order valence-corrected chi connectivity index (χ0v) is 20.8. The molecule has 1 saturated carbocycles. The molecule has 6 nitrogen and oxygen atoms in total. The Kier molecular flexibility index (Phi) is 7.55. The molecule has 1 aliphatic heterocycles. The van der Waals surface area contributed by atoms with E-state index in [0.29, 0.717) is 18.7 Å². The number of methoxy groups -OCH3 is 1. The van der Waals surface area contributed by atoms with Gasteiger partial charge in [-0.15, -0.1) is 0 Å². The van der Waals surface area contributed by atoms with Crippen LogP contribution in [0.3, 0.4) is 0 Å². The Balaban J connectivity index is 1.97. The van der Waals surface area contributed by atoms with E-state index < -0.39 is 19.7 Å². The van der Waals surface area contributed by atoms with Gasteiger partial charge in [-0.05, 0) is 42.2 Å². The van der Waals surface area contributed by atoms with Crippen LogP contribution in [-0.2, 0) is 26.1 Å². The van der Waals surface area contributed by atoms with Gasteiger partial charge in [0.05, 0.1) is 7.11 Å². The van der Waals surface area contributed by atoms with E-state index in [1.807, 2.05) is 30.7 Å². The lowest BCUT2D eigenvalue weighted by molar-refractivity contribution is -0.143. The highest BCUT2D eigenvalue weighted by atomic mass is 31.2. The molecule has 0 spiro atoms. The summed E-state index contributed by atoms with van der Waals surface area (Å²) in [6.45, 7) is 11.2. The van der Waals surface area contributed by atoms with Crippen LogP contribution < -0.4 is 9.61 Å². The van der Waals surface area contributed by atoms with Crippen LogP contribution in [0.4, 0.5) is 0 Å². The molecule has 0 saturated heterocycles. The zero-order valence-electron chi connectivity index (χ0n) is 19.9. The first-order chi connectivity index (χ1) is 14.5. The number of hydrogen-bond donors (Lipinski definition) is 1. The van der Waals surface area contributed by atoms with E-state index in [4.69, 9.17) is 9.26 Å². The Hall–Kier alpha value is -1.36. The second-order valence-corrected chi connectivity index (χ2v) is 12.4. The van der Waals surface area contributed by atoms with Gasteiger partial charge in [-0.1, -0.05) is 66.0 Å². The highest BCUT2D eigenvalue weighted by Crippen LogP contribution is 2.56. The lowest BCUT2D eigenvalue weighted by Gasteiger charge is -2.43. The average Bonchev–Trinajstić information content (AvgIpc) is 2.71. The zero-order chi connectivity index (χ0) is 22.8. The molecule has 0 radical (unpaired) electrons. The van der Waals surface area contributed by atoms with Gasteiger partial charge in [-0.2, -0.15) is 0 Å². The Bertz CT molecular complexity index is 827. The van der Waals surface area contributed by atoms with Crippen LogP contribution >= 0.6 is 7.67 Å². The molecule has 31 heavy (non-hydrogen) atoms. The van der Waals surface area contributed by atoms with Gasteiger partial charge >= 0.3 is 13.6 Å². The summed E-state index contributed by atoms with van der Waals surface area (Å²) in [5, 5.41) is 3.13. The molecule has 0 aromatic heterocycles. The fraction of sp³-hybridized carbons (Fsp3) is 0.708. The number of rotatable bonds is 6. The van der Waals surface area contributed by atoms with Gasteiger partial charge < -0.3 is 9.26 Å². The highest BCUT2D eigenvalue weighted by Gasteiger charge is 2.45. The fourth-order valence-electron chi connectivity index (χ4n) is 4.55. The van der Waals surface area contributed by atoms with E-state index in [1.165, 1.54) is 19.1 Å². The van der Waals surface area contributed by atoms with Crippen molar-refractivity contribution in [1.82, 2.24) is 9.76 Å². The van der Waals surface area contributed by atoms with E-state index >= 15 is 0 Å². The molecule has 1 fully saturated rings. The first-order valence-electron chi connectivity index (χ1n) is 11.6. The van der Waals surface area contributed by atoms with Crippen LogP contribution in [0.5, 0.6) is 5.75 Å². The van der Waals surface area contributed by atoms with Crippen LogP contribution in [0.1, 0.15) is 84.3 Å². The van der Waals surface area contributed by atoms with Crippen LogP contribution in [0.25, 0.3) is 0 Å². The van der Waals surface area contributed by atoms with Crippen molar-refractivity contribution < 1.29 is 18.6 Å². The third-order valence-corrected chi connectivity index (χ3v) is 8.55. The van der Waals surface area contributed by atoms with Crippen LogP contribution in [0.15, 0.2) is 18.2 Å². The number of hydrogen-bond acceptors (Lipinski definition) is 4. The topological polar surface area (TPSA) is 67.9 Å². The number of esters is 1. The quantitative estimate of drug-likeness (QED) is 0.437. The van der Waals surface area contributed by atoms with Gasteiger partial charge in [0.15, 0.2) is 0 Å².